The Morgan fingerprint density at radius 2 is 1.77 bits per heavy atom. The predicted octanol–water partition coefficient (Wildman–Crippen LogP) is 4.10. The van der Waals surface area contributed by atoms with Crippen molar-refractivity contribution in [3.8, 4) is 0 Å². The van der Waals surface area contributed by atoms with Gasteiger partial charge >= 0.3 is 0 Å². The summed E-state index contributed by atoms with van der Waals surface area (Å²) in [6, 6.07) is 16.0. The molecule has 162 valence electrons. The summed E-state index contributed by atoms with van der Waals surface area (Å²) < 4.78 is 0. The van der Waals surface area contributed by atoms with Crippen LogP contribution in [0.25, 0.3) is 0 Å². The summed E-state index contributed by atoms with van der Waals surface area (Å²) in [5, 5.41) is 2.98. The van der Waals surface area contributed by atoms with Gasteiger partial charge < -0.3 is 16.0 Å². The molecule has 0 spiro atoms. The lowest BCUT2D eigenvalue weighted by Crippen LogP contribution is -2.46. The zero-order valence-corrected chi connectivity index (χ0v) is 18.8. The summed E-state index contributed by atoms with van der Waals surface area (Å²) in [5.74, 6) is 1.09. The van der Waals surface area contributed by atoms with Gasteiger partial charge in [-0.3, -0.25) is 9.69 Å². The number of carbonyl (C=O) groups is 1. The highest BCUT2D eigenvalue weighted by atomic mass is 32.2. The van der Waals surface area contributed by atoms with Crippen molar-refractivity contribution in [2.75, 3.05) is 55.7 Å². The molecule has 1 aliphatic rings. The first-order chi connectivity index (χ1) is 14.7. The molecule has 1 aliphatic heterocycles. The van der Waals surface area contributed by atoms with Crippen LogP contribution in [0.2, 0.25) is 0 Å². The summed E-state index contributed by atoms with van der Waals surface area (Å²) >= 11 is 1.96. The van der Waals surface area contributed by atoms with Crippen molar-refractivity contribution in [1.82, 2.24) is 10.2 Å². The van der Waals surface area contributed by atoms with Gasteiger partial charge in [0, 0.05) is 43.3 Å². The zero-order chi connectivity index (χ0) is 21.2. The minimum Gasteiger partial charge on any atom is -0.398 e. The van der Waals surface area contributed by atoms with E-state index in [4.69, 9.17) is 5.73 Å². The number of para-hydroxylation sites is 2. The lowest BCUT2D eigenvalue weighted by atomic mass is 10.1. The molecule has 1 saturated heterocycles. The number of amides is 1. The van der Waals surface area contributed by atoms with Crippen molar-refractivity contribution in [3.05, 3.63) is 54.1 Å². The van der Waals surface area contributed by atoms with E-state index in [9.17, 15) is 4.79 Å². The van der Waals surface area contributed by atoms with Crippen LogP contribution >= 0.6 is 11.8 Å². The SMILES string of the molecule is CCCSc1ccccc1N1CCN(CCCCNC(=O)c2ccccc2N)CC1. The van der Waals surface area contributed by atoms with Gasteiger partial charge in [0.05, 0.1) is 11.3 Å². The third kappa shape index (κ3) is 6.41. The molecule has 30 heavy (non-hydrogen) atoms. The maximum Gasteiger partial charge on any atom is 0.253 e. The van der Waals surface area contributed by atoms with Gasteiger partial charge in [-0.15, -0.1) is 11.8 Å². The molecule has 0 radical (unpaired) electrons. The molecule has 5 nitrogen and oxygen atoms in total. The maximum atomic E-state index is 12.2. The summed E-state index contributed by atoms with van der Waals surface area (Å²) in [6.45, 7) is 8.36. The van der Waals surface area contributed by atoms with Crippen molar-refractivity contribution < 1.29 is 4.79 Å². The van der Waals surface area contributed by atoms with Crippen LogP contribution < -0.4 is 16.0 Å². The highest BCUT2D eigenvalue weighted by molar-refractivity contribution is 7.99. The lowest BCUT2D eigenvalue weighted by Gasteiger charge is -2.37. The molecular weight excluding hydrogens is 392 g/mol. The van der Waals surface area contributed by atoms with E-state index in [2.05, 4.69) is 46.3 Å². The fraction of sp³-hybridized carbons (Fsp3) is 0.458. The number of nitrogens with two attached hydrogens (primary N) is 1. The van der Waals surface area contributed by atoms with Gasteiger partial charge in [0.1, 0.15) is 0 Å². The van der Waals surface area contributed by atoms with Crippen LogP contribution in [0.1, 0.15) is 36.5 Å². The van der Waals surface area contributed by atoms with Gasteiger partial charge in [-0.05, 0) is 55.8 Å². The number of nitrogens with one attached hydrogen (secondary N) is 1. The smallest absolute Gasteiger partial charge is 0.253 e. The van der Waals surface area contributed by atoms with Gasteiger partial charge in [-0.1, -0.05) is 31.2 Å². The van der Waals surface area contributed by atoms with Crippen molar-refractivity contribution in [1.29, 1.82) is 0 Å². The Hall–Kier alpha value is -2.18. The number of unbranched alkanes of at least 4 members (excludes halogenated alkanes) is 1. The molecular formula is C24H34N4OS. The monoisotopic (exact) mass is 426 g/mol. The molecule has 3 N–H and O–H groups in total. The van der Waals surface area contributed by atoms with Crippen molar-refractivity contribution in [2.45, 2.75) is 31.1 Å². The summed E-state index contributed by atoms with van der Waals surface area (Å²) in [7, 11) is 0. The molecule has 1 fully saturated rings. The number of carbonyl (C=O) groups excluding carboxylic acids is 1. The molecule has 1 amide bonds. The van der Waals surface area contributed by atoms with Crippen LogP contribution in [0.15, 0.2) is 53.4 Å². The minimum absolute atomic E-state index is 0.0821. The topological polar surface area (TPSA) is 61.6 Å². The predicted molar refractivity (Wildman–Crippen MR) is 129 cm³/mol. The van der Waals surface area contributed by atoms with Crippen molar-refractivity contribution in [3.63, 3.8) is 0 Å². The number of piperazine rings is 1. The number of hydrogen-bond donors (Lipinski definition) is 2. The first-order valence-electron chi connectivity index (χ1n) is 11.0. The van der Waals surface area contributed by atoms with E-state index in [1.807, 2.05) is 23.9 Å². The van der Waals surface area contributed by atoms with Crippen LogP contribution in [0.3, 0.4) is 0 Å². The summed E-state index contributed by atoms with van der Waals surface area (Å²) in [4.78, 5) is 18.7. The third-order valence-corrected chi connectivity index (χ3v) is 6.70. The summed E-state index contributed by atoms with van der Waals surface area (Å²) in [6.07, 6.45) is 3.27. The molecule has 2 aromatic carbocycles. The van der Waals surface area contributed by atoms with Gasteiger partial charge in [0.2, 0.25) is 0 Å². The van der Waals surface area contributed by atoms with Crippen LogP contribution in [0, 0.1) is 0 Å². The normalized spacial score (nSPS) is 14.6. The van der Waals surface area contributed by atoms with E-state index in [0.717, 1.165) is 45.6 Å². The van der Waals surface area contributed by atoms with Crippen LogP contribution in [0.4, 0.5) is 11.4 Å². The number of hydrogen-bond acceptors (Lipinski definition) is 5. The second-order valence-corrected chi connectivity index (χ2v) is 8.83. The standard InChI is InChI=1S/C24H34N4OS/c1-2-19-30-23-12-6-5-11-22(23)28-17-15-27(16-18-28)14-8-7-13-26-24(29)20-9-3-4-10-21(20)25/h3-6,9-12H,2,7-8,13-19,25H2,1H3,(H,26,29). The molecule has 1 heterocycles. The lowest BCUT2D eigenvalue weighted by molar-refractivity contribution is 0.0953. The molecule has 0 unspecified atom stereocenters. The molecule has 2 aromatic rings. The molecule has 0 saturated carbocycles. The number of rotatable bonds is 10. The molecule has 0 aromatic heterocycles. The Morgan fingerprint density at radius 3 is 2.53 bits per heavy atom. The van der Waals surface area contributed by atoms with Crippen LogP contribution in [-0.2, 0) is 0 Å². The maximum absolute atomic E-state index is 12.2. The molecule has 6 heteroatoms. The quantitative estimate of drug-likeness (QED) is 0.340. The number of nitrogens with zero attached hydrogens (tertiary/aromatic N) is 2. The van der Waals surface area contributed by atoms with E-state index in [1.54, 1.807) is 12.1 Å². The Morgan fingerprint density at radius 1 is 1.03 bits per heavy atom. The van der Waals surface area contributed by atoms with Crippen LogP contribution in [-0.4, -0.2) is 55.8 Å². The second-order valence-electron chi connectivity index (χ2n) is 7.70. The highest BCUT2D eigenvalue weighted by Gasteiger charge is 2.18. The molecule has 0 atom stereocenters. The number of nitrogen functional groups attached to an aromatic ring is 1. The second kappa shape index (κ2) is 11.9. The Bertz CT molecular complexity index is 805. The highest BCUT2D eigenvalue weighted by Crippen LogP contribution is 2.31. The van der Waals surface area contributed by atoms with E-state index < -0.39 is 0 Å². The number of benzene rings is 2. The Labute approximate surface area is 185 Å². The van der Waals surface area contributed by atoms with E-state index >= 15 is 0 Å². The molecule has 0 bridgehead atoms. The van der Waals surface area contributed by atoms with E-state index in [0.29, 0.717) is 17.8 Å². The molecule has 0 aliphatic carbocycles. The summed E-state index contributed by atoms with van der Waals surface area (Å²) in [5.41, 5.74) is 8.34. The Kier molecular flexibility index (Phi) is 8.90. The fourth-order valence-corrected chi connectivity index (χ4v) is 4.67. The zero-order valence-electron chi connectivity index (χ0n) is 18.0. The largest absolute Gasteiger partial charge is 0.398 e. The van der Waals surface area contributed by atoms with Gasteiger partial charge in [0.25, 0.3) is 5.91 Å². The van der Waals surface area contributed by atoms with Gasteiger partial charge in [0.15, 0.2) is 0 Å². The average molecular weight is 427 g/mol. The van der Waals surface area contributed by atoms with E-state index in [-0.39, 0.29) is 5.91 Å². The van der Waals surface area contributed by atoms with Crippen molar-refractivity contribution >= 4 is 29.0 Å². The van der Waals surface area contributed by atoms with Gasteiger partial charge in [-0.25, -0.2) is 0 Å². The van der Waals surface area contributed by atoms with Crippen LogP contribution in [0.5, 0.6) is 0 Å². The average Bonchev–Trinajstić information content (AvgIpc) is 2.78. The third-order valence-electron chi connectivity index (χ3n) is 5.43. The van der Waals surface area contributed by atoms with E-state index in [1.165, 1.54) is 22.8 Å². The fourth-order valence-electron chi connectivity index (χ4n) is 3.73. The van der Waals surface area contributed by atoms with Gasteiger partial charge in [-0.2, -0.15) is 0 Å². The number of thioether (sulfide) groups is 1. The Balaban J connectivity index is 1.35. The number of anilines is 2. The first kappa shape index (κ1) is 22.5. The molecule has 3 rings (SSSR count). The first-order valence-corrected chi connectivity index (χ1v) is 12.0. The van der Waals surface area contributed by atoms with Crippen molar-refractivity contribution in [2.24, 2.45) is 0 Å². The minimum atomic E-state index is -0.0821.